The lowest BCUT2D eigenvalue weighted by molar-refractivity contribution is 0.102. The van der Waals surface area contributed by atoms with Crippen molar-refractivity contribution >= 4 is 45.4 Å². The number of nitrogens with one attached hydrogen (secondary N) is 1. The van der Waals surface area contributed by atoms with Crippen LogP contribution in [0, 0.1) is 6.92 Å². The molecular weight excluding hydrogens is 407 g/mol. The highest BCUT2D eigenvalue weighted by molar-refractivity contribution is 14.1. The van der Waals surface area contributed by atoms with E-state index in [4.69, 9.17) is 4.42 Å². The molecule has 0 atom stereocenters. The maximum Gasteiger partial charge on any atom is 0.348 e. The zero-order chi connectivity index (χ0) is 16.4. The molecule has 0 spiro atoms. The number of anilines is 1. The minimum atomic E-state index is -0.521. The zero-order valence-corrected chi connectivity index (χ0v) is 14.5. The van der Waals surface area contributed by atoms with Crippen molar-refractivity contribution in [3.05, 3.63) is 69.6 Å². The topological polar surface area (TPSA) is 72.2 Å². The fraction of sp³-hybridized carbons (Fsp3) is 0.118. The summed E-state index contributed by atoms with van der Waals surface area (Å²) in [6.07, 6.45) is 0. The number of amides is 1. The van der Waals surface area contributed by atoms with E-state index in [1.165, 1.54) is 0 Å². The summed E-state index contributed by atoms with van der Waals surface area (Å²) in [5.41, 5.74) is 2.40. The van der Waals surface area contributed by atoms with E-state index in [1.807, 2.05) is 25.1 Å². The smallest absolute Gasteiger partial charge is 0.348 e. The average molecular weight is 420 g/mol. The largest absolute Gasteiger partial charge is 0.388 e. The van der Waals surface area contributed by atoms with Gasteiger partial charge in [0.2, 0.25) is 0 Å². The molecule has 116 valence electrons. The molecule has 3 rings (SSSR count). The van der Waals surface area contributed by atoms with Gasteiger partial charge in [-0.3, -0.25) is 10.1 Å². The van der Waals surface area contributed by atoms with Crippen LogP contribution < -0.4 is 10.9 Å². The maximum absolute atomic E-state index is 12.4. The number of aromatic nitrogens is 1. The normalized spacial score (nSPS) is 10.7. The molecule has 1 N–H and O–H groups in total. The Bertz CT molecular complexity index is 950. The first-order chi connectivity index (χ1) is 11.1. The molecule has 0 radical (unpaired) electrons. The lowest BCUT2D eigenvalue weighted by atomic mass is 10.1. The van der Waals surface area contributed by atoms with Crippen molar-refractivity contribution in [2.75, 3.05) is 5.32 Å². The molecular formula is C17H13IN2O3. The summed E-state index contributed by atoms with van der Waals surface area (Å²) in [5.74, 6) is -0.347. The Balaban J connectivity index is 1.98. The van der Waals surface area contributed by atoms with E-state index in [0.29, 0.717) is 20.9 Å². The highest BCUT2D eigenvalue weighted by Gasteiger charge is 2.14. The van der Waals surface area contributed by atoms with Crippen LogP contribution in [0.3, 0.4) is 0 Å². The van der Waals surface area contributed by atoms with Crippen molar-refractivity contribution in [1.82, 2.24) is 4.98 Å². The number of nitrogens with zero attached hydrogens (tertiary/aromatic N) is 1. The molecule has 0 aliphatic rings. The van der Waals surface area contributed by atoms with Gasteiger partial charge in [-0.25, -0.2) is 4.79 Å². The highest BCUT2D eigenvalue weighted by atomic mass is 127. The first-order valence-electron chi connectivity index (χ1n) is 6.95. The van der Waals surface area contributed by atoms with Gasteiger partial charge >= 0.3 is 11.6 Å². The summed E-state index contributed by atoms with van der Waals surface area (Å²) in [6.45, 7) is 1.91. The second-order valence-electron chi connectivity index (χ2n) is 5.07. The van der Waals surface area contributed by atoms with Crippen molar-refractivity contribution in [3.8, 4) is 0 Å². The van der Waals surface area contributed by atoms with Gasteiger partial charge in [-0.15, -0.1) is 0 Å². The number of hydrogen-bond acceptors (Lipinski definition) is 4. The lowest BCUT2D eigenvalue weighted by Gasteiger charge is -2.07. The zero-order valence-electron chi connectivity index (χ0n) is 12.3. The predicted molar refractivity (Wildman–Crippen MR) is 97.1 cm³/mol. The SMILES string of the molecule is Cc1ccc2c(=O)oc(NC(=O)c3ccccc3CI)nc2c1. The minimum absolute atomic E-state index is 0.0960. The molecule has 0 saturated carbocycles. The molecule has 0 unspecified atom stereocenters. The number of rotatable bonds is 3. The number of fused-ring (bicyclic) bond motifs is 1. The number of aryl methyl sites for hydroxylation is 1. The molecule has 1 amide bonds. The Hall–Kier alpha value is -2.22. The first-order valence-corrected chi connectivity index (χ1v) is 8.48. The Kier molecular flexibility index (Phi) is 4.42. The number of alkyl halides is 1. The lowest BCUT2D eigenvalue weighted by Crippen LogP contribution is -2.16. The molecule has 2 aromatic carbocycles. The van der Waals surface area contributed by atoms with E-state index in [-0.39, 0.29) is 11.9 Å². The average Bonchev–Trinajstić information content (AvgIpc) is 2.54. The van der Waals surface area contributed by atoms with Gasteiger partial charge in [0.1, 0.15) is 0 Å². The third kappa shape index (κ3) is 3.26. The van der Waals surface area contributed by atoms with Crippen LogP contribution in [-0.2, 0) is 4.43 Å². The van der Waals surface area contributed by atoms with E-state index in [9.17, 15) is 9.59 Å². The van der Waals surface area contributed by atoms with Crippen molar-refractivity contribution in [2.24, 2.45) is 0 Å². The molecule has 23 heavy (non-hydrogen) atoms. The quantitative estimate of drug-likeness (QED) is 0.519. The highest BCUT2D eigenvalue weighted by Crippen LogP contribution is 2.16. The van der Waals surface area contributed by atoms with Crippen molar-refractivity contribution in [1.29, 1.82) is 0 Å². The number of hydrogen-bond donors (Lipinski definition) is 1. The summed E-state index contributed by atoms with van der Waals surface area (Å²) in [4.78, 5) is 28.6. The molecule has 3 aromatic rings. The van der Waals surface area contributed by atoms with Crippen molar-refractivity contribution in [3.63, 3.8) is 0 Å². The van der Waals surface area contributed by atoms with Gasteiger partial charge in [-0.1, -0.05) is 46.9 Å². The number of benzene rings is 2. The molecule has 5 nitrogen and oxygen atoms in total. The summed E-state index contributed by atoms with van der Waals surface area (Å²) >= 11 is 2.19. The van der Waals surface area contributed by atoms with Gasteiger partial charge in [0.25, 0.3) is 5.91 Å². The standard InChI is InChI=1S/C17H13IN2O3/c1-10-6-7-13-14(8-10)19-17(23-16(13)22)20-15(21)12-5-3-2-4-11(12)9-18/h2-8H,9H2,1H3,(H,19,20,21). The summed E-state index contributed by atoms with van der Waals surface area (Å²) < 4.78 is 5.80. The molecule has 0 bridgehead atoms. The Labute approximate surface area is 145 Å². The van der Waals surface area contributed by atoms with Crippen LogP contribution in [0.5, 0.6) is 0 Å². The van der Waals surface area contributed by atoms with E-state index in [1.54, 1.807) is 24.3 Å². The molecule has 0 aliphatic heterocycles. The van der Waals surface area contributed by atoms with Crippen LogP contribution in [0.1, 0.15) is 21.5 Å². The molecule has 6 heteroatoms. The third-order valence-corrected chi connectivity index (χ3v) is 4.23. The number of carbonyl (C=O) groups is 1. The van der Waals surface area contributed by atoms with Crippen LogP contribution in [0.2, 0.25) is 0 Å². The summed E-state index contributed by atoms with van der Waals surface area (Å²) in [6, 6.07) is 12.4. The summed E-state index contributed by atoms with van der Waals surface area (Å²) in [7, 11) is 0. The monoisotopic (exact) mass is 420 g/mol. The Morgan fingerprint density at radius 3 is 2.83 bits per heavy atom. The maximum atomic E-state index is 12.4. The van der Waals surface area contributed by atoms with Gasteiger partial charge in [-0.05, 0) is 36.2 Å². The van der Waals surface area contributed by atoms with Crippen LogP contribution in [-0.4, -0.2) is 10.9 Å². The second-order valence-corrected chi connectivity index (χ2v) is 5.83. The molecule has 0 fully saturated rings. The van der Waals surface area contributed by atoms with Crippen LogP contribution >= 0.6 is 22.6 Å². The summed E-state index contributed by atoms with van der Waals surface area (Å²) in [5, 5.41) is 2.96. The first kappa shape index (κ1) is 15.7. The van der Waals surface area contributed by atoms with Crippen LogP contribution in [0.25, 0.3) is 10.9 Å². The van der Waals surface area contributed by atoms with Crippen molar-refractivity contribution < 1.29 is 9.21 Å². The van der Waals surface area contributed by atoms with Gasteiger partial charge in [0.05, 0.1) is 10.9 Å². The van der Waals surface area contributed by atoms with Gasteiger partial charge in [-0.2, -0.15) is 4.98 Å². The van der Waals surface area contributed by atoms with Gasteiger partial charge in [0.15, 0.2) is 0 Å². The third-order valence-electron chi connectivity index (χ3n) is 3.41. The minimum Gasteiger partial charge on any atom is -0.388 e. The molecule has 0 saturated heterocycles. The molecule has 1 heterocycles. The van der Waals surface area contributed by atoms with Gasteiger partial charge in [0, 0.05) is 9.99 Å². The second kappa shape index (κ2) is 6.49. The van der Waals surface area contributed by atoms with E-state index in [2.05, 4.69) is 32.9 Å². The number of carbonyl (C=O) groups excluding carboxylic acids is 1. The fourth-order valence-electron chi connectivity index (χ4n) is 2.26. The Morgan fingerprint density at radius 2 is 2.04 bits per heavy atom. The van der Waals surface area contributed by atoms with Crippen molar-refractivity contribution in [2.45, 2.75) is 11.4 Å². The van der Waals surface area contributed by atoms with E-state index < -0.39 is 5.63 Å². The predicted octanol–water partition coefficient (Wildman–Crippen LogP) is 3.68. The Morgan fingerprint density at radius 1 is 1.26 bits per heavy atom. The molecule has 0 aliphatic carbocycles. The van der Waals surface area contributed by atoms with Crippen LogP contribution in [0.4, 0.5) is 6.01 Å². The molecule has 1 aromatic heterocycles. The van der Waals surface area contributed by atoms with E-state index >= 15 is 0 Å². The van der Waals surface area contributed by atoms with Crippen LogP contribution in [0.15, 0.2) is 51.7 Å². The fourth-order valence-corrected chi connectivity index (χ4v) is 2.92. The van der Waals surface area contributed by atoms with E-state index in [0.717, 1.165) is 11.1 Å². The van der Waals surface area contributed by atoms with Gasteiger partial charge < -0.3 is 4.42 Å². The number of halogens is 1.